The fraction of sp³-hybridized carbons (Fsp3) is 0.647. The highest BCUT2D eigenvalue weighted by molar-refractivity contribution is 5.96. The average Bonchev–Trinajstić information content (AvgIpc) is 3.55. The summed E-state index contributed by atoms with van der Waals surface area (Å²) in [6.45, 7) is 4.39. The van der Waals surface area contributed by atoms with Crippen LogP contribution < -0.4 is 11.1 Å². The number of nitrogens with one attached hydrogen (secondary N) is 1. The van der Waals surface area contributed by atoms with Crippen LogP contribution >= 0.6 is 0 Å². The monoisotopic (exact) mass is 644 g/mol. The van der Waals surface area contributed by atoms with Gasteiger partial charge in [0.25, 0.3) is 0 Å². The molecular formula is C34H46F2N4O6. The molecule has 4 N–H and O–H groups in total. The number of amides is 3. The van der Waals surface area contributed by atoms with Gasteiger partial charge in [0.1, 0.15) is 24.5 Å². The van der Waals surface area contributed by atoms with Gasteiger partial charge in [0.15, 0.2) is 11.5 Å². The van der Waals surface area contributed by atoms with Gasteiger partial charge < -0.3 is 30.4 Å². The molecule has 2 saturated carbocycles. The van der Waals surface area contributed by atoms with Crippen LogP contribution in [0.15, 0.2) is 24.3 Å². The SMILES string of the molecule is CC(C)(C)OC(=O)NC(CF)C1CCC(C(=O)N2C(n3c(C(=O)O)c(F)c4ccccc43)C[C@@H](C3CCCCC3)[C@H]2C(N)=O)CC1. The van der Waals surface area contributed by atoms with E-state index in [1.807, 2.05) is 0 Å². The number of likely N-dealkylation sites (tertiary alicyclic amines) is 1. The second kappa shape index (κ2) is 13.6. The van der Waals surface area contributed by atoms with E-state index in [-0.39, 0.29) is 35.5 Å². The minimum Gasteiger partial charge on any atom is -0.476 e. The molecule has 0 spiro atoms. The van der Waals surface area contributed by atoms with Crippen molar-refractivity contribution in [2.24, 2.45) is 29.4 Å². The number of alkyl halides is 1. The number of carbonyl (C=O) groups excluding carboxylic acids is 3. The van der Waals surface area contributed by atoms with Crippen molar-refractivity contribution in [2.75, 3.05) is 6.67 Å². The predicted molar refractivity (Wildman–Crippen MR) is 167 cm³/mol. The highest BCUT2D eigenvalue weighted by Gasteiger charge is 2.52. The molecule has 5 rings (SSSR count). The first kappa shape index (κ1) is 33.7. The second-order valence-corrected chi connectivity index (χ2v) is 14.2. The largest absolute Gasteiger partial charge is 0.476 e. The van der Waals surface area contributed by atoms with Gasteiger partial charge in [0.05, 0.1) is 11.6 Å². The number of nitrogens with zero attached hydrogens (tertiary/aromatic N) is 2. The van der Waals surface area contributed by atoms with E-state index >= 15 is 4.39 Å². The Morgan fingerprint density at radius 1 is 1.04 bits per heavy atom. The smallest absolute Gasteiger partial charge is 0.407 e. The quantitative estimate of drug-likeness (QED) is 0.325. The van der Waals surface area contributed by atoms with Gasteiger partial charge in [-0.15, -0.1) is 0 Å². The summed E-state index contributed by atoms with van der Waals surface area (Å²) in [7, 11) is 0. The molecule has 2 aliphatic carbocycles. The second-order valence-electron chi connectivity index (χ2n) is 14.2. The average molecular weight is 645 g/mol. The minimum atomic E-state index is -1.46. The molecular weight excluding hydrogens is 598 g/mol. The van der Waals surface area contributed by atoms with E-state index in [4.69, 9.17) is 10.5 Å². The molecule has 46 heavy (non-hydrogen) atoms. The zero-order valence-electron chi connectivity index (χ0n) is 26.8. The standard InChI is InChI=1S/C34H46F2N4O6/c1-34(2,3)46-33(45)38-24(18-35)20-13-15-21(16-14-20)31(42)40-26(17-23(28(40)30(37)41)19-9-5-4-6-10-19)39-25-12-8-7-11-22(25)27(36)29(39)32(43)44/h7-8,11-12,19-21,23-24,26,28H,4-6,9-10,13-18H2,1-3H3,(H2,37,41)(H,38,45)(H,43,44)/t20?,21?,23-,24?,26?,28-/m0/s1. The zero-order chi connectivity index (χ0) is 33.3. The number of primary amides is 1. The predicted octanol–water partition coefficient (Wildman–Crippen LogP) is 5.93. The summed E-state index contributed by atoms with van der Waals surface area (Å²) in [6, 6.07) is 4.69. The van der Waals surface area contributed by atoms with Gasteiger partial charge in [-0.25, -0.2) is 18.4 Å². The van der Waals surface area contributed by atoms with Crippen LogP contribution in [0.1, 0.15) is 102 Å². The lowest BCUT2D eigenvalue weighted by Crippen LogP contribution is -2.52. The lowest BCUT2D eigenvalue weighted by Gasteiger charge is -2.38. The fourth-order valence-corrected chi connectivity index (χ4v) is 8.20. The van der Waals surface area contributed by atoms with Crippen LogP contribution in [0.25, 0.3) is 10.9 Å². The van der Waals surface area contributed by atoms with E-state index in [0.717, 1.165) is 32.1 Å². The highest BCUT2D eigenvalue weighted by atomic mass is 19.1. The Morgan fingerprint density at radius 2 is 1.70 bits per heavy atom. The zero-order valence-corrected chi connectivity index (χ0v) is 26.8. The summed E-state index contributed by atoms with van der Waals surface area (Å²) in [5, 5.41) is 12.9. The van der Waals surface area contributed by atoms with Gasteiger partial charge in [-0.3, -0.25) is 9.59 Å². The Bertz CT molecular complexity index is 1460. The Labute approximate surface area is 268 Å². The van der Waals surface area contributed by atoms with E-state index in [2.05, 4.69) is 5.32 Å². The van der Waals surface area contributed by atoms with Crippen molar-refractivity contribution in [1.29, 1.82) is 0 Å². The molecule has 10 nitrogen and oxygen atoms in total. The lowest BCUT2D eigenvalue weighted by atomic mass is 9.76. The number of hydrogen-bond acceptors (Lipinski definition) is 5. The number of carbonyl (C=O) groups is 4. The first-order valence-corrected chi connectivity index (χ1v) is 16.5. The molecule has 1 saturated heterocycles. The Kier molecular flexibility index (Phi) is 9.93. The van der Waals surface area contributed by atoms with Crippen molar-refractivity contribution >= 4 is 34.8 Å². The molecule has 4 atom stereocenters. The van der Waals surface area contributed by atoms with Crippen molar-refractivity contribution in [1.82, 2.24) is 14.8 Å². The maximum Gasteiger partial charge on any atom is 0.407 e. The Balaban J connectivity index is 1.46. The summed E-state index contributed by atoms with van der Waals surface area (Å²) < 4.78 is 36.4. The molecule has 2 aromatic rings. The molecule has 1 aromatic heterocycles. The number of halogens is 2. The van der Waals surface area contributed by atoms with Crippen LogP contribution in [0.5, 0.6) is 0 Å². The molecule has 1 aliphatic heterocycles. The topological polar surface area (TPSA) is 144 Å². The van der Waals surface area contributed by atoms with Crippen LogP contribution in [-0.2, 0) is 14.3 Å². The minimum absolute atomic E-state index is 0.117. The van der Waals surface area contributed by atoms with Crippen molar-refractivity contribution in [2.45, 2.75) is 109 Å². The van der Waals surface area contributed by atoms with E-state index < -0.39 is 65.9 Å². The molecule has 1 aromatic carbocycles. The van der Waals surface area contributed by atoms with Gasteiger partial charge in [-0.2, -0.15) is 0 Å². The number of aromatic nitrogens is 1. The first-order chi connectivity index (χ1) is 21.8. The number of carboxylic acid groups (broad SMARTS) is 1. The van der Waals surface area contributed by atoms with E-state index in [0.29, 0.717) is 31.2 Å². The molecule has 252 valence electrons. The summed E-state index contributed by atoms with van der Waals surface area (Å²) in [4.78, 5) is 54.1. The maximum absolute atomic E-state index is 15.7. The molecule has 12 heteroatoms. The van der Waals surface area contributed by atoms with Gasteiger partial charge in [-0.05, 0) is 82.8 Å². The van der Waals surface area contributed by atoms with Gasteiger partial charge in [-0.1, -0.05) is 44.2 Å². The van der Waals surface area contributed by atoms with E-state index in [1.54, 1.807) is 39.0 Å². The van der Waals surface area contributed by atoms with Crippen LogP contribution in [-0.4, -0.2) is 62.8 Å². The number of aromatic carboxylic acids is 1. The van der Waals surface area contributed by atoms with E-state index in [1.165, 1.54) is 15.5 Å². The number of para-hydroxylation sites is 1. The van der Waals surface area contributed by atoms with Crippen LogP contribution in [0, 0.1) is 29.5 Å². The first-order valence-electron chi connectivity index (χ1n) is 16.5. The Morgan fingerprint density at radius 3 is 2.28 bits per heavy atom. The van der Waals surface area contributed by atoms with Crippen LogP contribution in [0.2, 0.25) is 0 Å². The van der Waals surface area contributed by atoms with Crippen LogP contribution in [0.4, 0.5) is 13.6 Å². The number of alkyl carbamates (subject to hydrolysis) is 1. The third kappa shape index (κ3) is 6.71. The third-order valence-corrected chi connectivity index (χ3v) is 10.2. The summed E-state index contributed by atoms with van der Waals surface area (Å²) in [5.74, 6) is -4.29. The third-order valence-electron chi connectivity index (χ3n) is 10.2. The Hall–Kier alpha value is -3.70. The van der Waals surface area contributed by atoms with Crippen molar-refractivity contribution < 1.29 is 37.8 Å². The molecule has 2 heterocycles. The van der Waals surface area contributed by atoms with Crippen molar-refractivity contribution in [3.8, 4) is 0 Å². The summed E-state index contributed by atoms with van der Waals surface area (Å²) in [6.07, 6.45) is 5.12. The van der Waals surface area contributed by atoms with E-state index in [9.17, 15) is 28.7 Å². The van der Waals surface area contributed by atoms with Crippen LogP contribution in [0.3, 0.4) is 0 Å². The molecule has 3 amide bonds. The maximum atomic E-state index is 15.7. The molecule has 2 unspecified atom stereocenters. The number of fused-ring (bicyclic) bond motifs is 1. The fourth-order valence-electron chi connectivity index (χ4n) is 8.20. The molecule has 3 fully saturated rings. The number of ether oxygens (including phenoxy) is 1. The van der Waals surface area contributed by atoms with Gasteiger partial charge in [0.2, 0.25) is 11.8 Å². The number of nitrogens with two attached hydrogens (primary N) is 1. The summed E-state index contributed by atoms with van der Waals surface area (Å²) in [5.41, 5.74) is 5.09. The number of hydrogen-bond donors (Lipinski definition) is 3. The summed E-state index contributed by atoms with van der Waals surface area (Å²) >= 11 is 0. The van der Waals surface area contributed by atoms with Crippen molar-refractivity contribution in [3.05, 3.63) is 35.8 Å². The van der Waals surface area contributed by atoms with Crippen molar-refractivity contribution in [3.63, 3.8) is 0 Å². The highest BCUT2D eigenvalue weighted by Crippen LogP contribution is 2.48. The van der Waals surface area contributed by atoms with Gasteiger partial charge in [0, 0.05) is 11.3 Å². The number of rotatable bonds is 8. The number of benzene rings is 1. The molecule has 3 aliphatic rings. The lowest BCUT2D eigenvalue weighted by molar-refractivity contribution is -0.146. The normalized spacial score (nSPS) is 26.5. The molecule has 0 bridgehead atoms. The van der Waals surface area contributed by atoms with Gasteiger partial charge >= 0.3 is 12.1 Å². The number of carboxylic acids is 1. The molecule has 0 radical (unpaired) electrons.